The van der Waals surface area contributed by atoms with Gasteiger partial charge >= 0.3 is 5.97 Å². The average Bonchev–Trinajstić information content (AvgIpc) is 3.16. The predicted octanol–water partition coefficient (Wildman–Crippen LogP) is 4.14. The van der Waals surface area contributed by atoms with E-state index in [0.29, 0.717) is 16.0 Å². The molecule has 0 unspecified atom stereocenters. The molecule has 5 nitrogen and oxygen atoms in total. The van der Waals surface area contributed by atoms with E-state index in [1.54, 1.807) is 48.5 Å². The van der Waals surface area contributed by atoms with E-state index in [9.17, 15) is 20.0 Å². The summed E-state index contributed by atoms with van der Waals surface area (Å²) in [5, 5.41) is 21.1. The molecule has 2 aromatic carbocycles. The summed E-state index contributed by atoms with van der Waals surface area (Å²) >= 11 is 1.34. The Morgan fingerprint density at radius 1 is 1.00 bits per heavy atom. The van der Waals surface area contributed by atoms with Gasteiger partial charge < -0.3 is 10.4 Å². The fourth-order valence-corrected chi connectivity index (χ4v) is 3.44. The zero-order chi connectivity index (χ0) is 19.2. The van der Waals surface area contributed by atoms with Crippen LogP contribution in [0.5, 0.6) is 0 Å². The molecule has 0 fully saturated rings. The van der Waals surface area contributed by atoms with Gasteiger partial charge in [-0.1, -0.05) is 36.4 Å². The molecule has 0 saturated heterocycles. The smallest absolute Gasteiger partial charge is 0.352 e. The van der Waals surface area contributed by atoms with E-state index in [-0.39, 0.29) is 5.70 Å². The summed E-state index contributed by atoms with van der Waals surface area (Å²) in [6, 6.07) is 21.3. The molecule has 0 aliphatic rings. The Morgan fingerprint density at radius 2 is 1.70 bits per heavy atom. The molecular weight excluding hydrogens is 360 g/mol. The Balaban J connectivity index is 1.87. The Morgan fingerprint density at radius 3 is 2.41 bits per heavy atom. The first-order valence-corrected chi connectivity index (χ1v) is 8.81. The third-order valence-electron chi connectivity index (χ3n) is 3.74. The summed E-state index contributed by atoms with van der Waals surface area (Å²) in [5.41, 5.74) is 1.49. The van der Waals surface area contributed by atoms with Crippen molar-refractivity contribution >= 4 is 29.3 Å². The lowest BCUT2D eigenvalue weighted by atomic mass is 10.1. The molecule has 0 aliphatic heterocycles. The van der Waals surface area contributed by atoms with Crippen LogP contribution in [-0.4, -0.2) is 17.0 Å². The molecule has 1 amide bonds. The molecule has 6 heteroatoms. The number of hydrogen-bond donors (Lipinski definition) is 2. The molecule has 2 N–H and O–H groups in total. The highest BCUT2D eigenvalue weighted by atomic mass is 32.1. The number of nitrogens with zero attached hydrogens (tertiary/aromatic N) is 1. The maximum Gasteiger partial charge on any atom is 0.352 e. The van der Waals surface area contributed by atoms with Gasteiger partial charge in [0.2, 0.25) is 0 Å². The van der Waals surface area contributed by atoms with E-state index in [2.05, 4.69) is 11.4 Å². The second-order valence-electron chi connectivity index (χ2n) is 5.54. The Kier molecular flexibility index (Phi) is 5.45. The summed E-state index contributed by atoms with van der Waals surface area (Å²) in [5.74, 6) is -1.72. The van der Waals surface area contributed by atoms with Gasteiger partial charge in [0.05, 0.1) is 11.6 Å². The zero-order valence-corrected chi connectivity index (χ0v) is 14.9. The first kappa shape index (κ1) is 18.1. The molecule has 132 valence electrons. The van der Waals surface area contributed by atoms with Gasteiger partial charge in [-0.15, -0.1) is 11.3 Å². The molecule has 0 radical (unpaired) electrons. The minimum absolute atomic E-state index is 0.217. The molecular formula is C21H14N2O3S. The predicted molar refractivity (Wildman–Crippen MR) is 104 cm³/mol. The van der Waals surface area contributed by atoms with Crippen molar-refractivity contribution in [2.75, 3.05) is 0 Å². The highest BCUT2D eigenvalue weighted by Crippen LogP contribution is 2.31. The second-order valence-corrected chi connectivity index (χ2v) is 6.66. The first-order valence-electron chi connectivity index (χ1n) is 7.99. The van der Waals surface area contributed by atoms with Crippen LogP contribution in [0.4, 0.5) is 0 Å². The summed E-state index contributed by atoms with van der Waals surface area (Å²) in [6.45, 7) is 0. The number of carboxylic acid groups (broad SMARTS) is 1. The number of amides is 1. The summed E-state index contributed by atoms with van der Waals surface area (Å²) in [6.07, 6.45) is 1.41. The van der Waals surface area contributed by atoms with Gasteiger partial charge in [-0.05, 0) is 36.4 Å². The van der Waals surface area contributed by atoms with Crippen molar-refractivity contribution in [1.29, 1.82) is 5.26 Å². The summed E-state index contributed by atoms with van der Waals surface area (Å²) in [7, 11) is 0. The molecule has 0 aliphatic carbocycles. The van der Waals surface area contributed by atoms with Gasteiger partial charge in [0.15, 0.2) is 0 Å². The van der Waals surface area contributed by atoms with Crippen LogP contribution in [0.15, 0.2) is 72.4 Å². The van der Waals surface area contributed by atoms with Crippen LogP contribution in [-0.2, 0) is 4.79 Å². The van der Waals surface area contributed by atoms with Gasteiger partial charge in [-0.3, -0.25) is 4.79 Å². The monoisotopic (exact) mass is 374 g/mol. The van der Waals surface area contributed by atoms with E-state index in [4.69, 9.17) is 0 Å². The normalized spacial score (nSPS) is 10.9. The number of thiophene rings is 1. The molecule has 27 heavy (non-hydrogen) atoms. The maximum atomic E-state index is 12.2. The van der Waals surface area contributed by atoms with Crippen LogP contribution in [0.1, 0.15) is 20.8 Å². The number of rotatable bonds is 5. The highest BCUT2D eigenvalue weighted by molar-refractivity contribution is 7.16. The Labute approximate surface area is 159 Å². The van der Waals surface area contributed by atoms with Crippen molar-refractivity contribution in [3.8, 4) is 16.5 Å². The molecule has 0 atom stereocenters. The molecule has 3 rings (SSSR count). The zero-order valence-electron chi connectivity index (χ0n) is 14.0. The number of hydrogen-bond acceptors (Lipinski definition) is 4. The molecule has 0 saturated carbocycles. The molecule has 1 heterocycles. The third-order valence-corrected chi connectivity index (χ3v) is 4.81. The fourth-order valence-electron chi connectivity index (χ4n) is 2.45. The van der Waals surface area contributed by atoms with Crippen molar-refractivity contribution in [2.24, 2.45) is 0 Å². The highest BCUT2D eigenvalue weighted by Gasteiger charge is 2.14. The average molecular weight is 374 g/mol. The van der Waals surface area contributed by atoms with E-state index in [1.165, 1.54) is 17.4 Å². The van der Waals surface area contributed by atoms with Crippen molar-refractivity contribution in [3.63, 3.8) is 0 Å². The number of carbonyl (C=O) groups excluding carboxylic acids is 1. The van der Waals surface area contributed by atoms with Crippen LogP contribution in [0, 0.1) is 11.3 Å². The number of carboxylic acids is 1. The van der Waals surface area contributed by atoms with Crippen molar-refractivity contribution < 1.29 is 14.7 Å². The molecule has 1 aromatic heterocycles. The van der Waals surface area contributed by atoms with Crippen LogP contribution in [0.3, 0.4) is 0 Å². The van der Waals surface area contributed by atoms with Gasteiger partial charge in [0.25, 0.3) is 5.91 Å². The van der Waals surface area contributed by atoms with Gasteiger partial charge in [0.1, 0.15) is 5.70 Å². The lowest BCUT2D eigenvalue weighted by molar-refractivity contribution is -0.132. The Bertz CT molecular complexity index is 1060. The second kappa shape index (κ2) is 8.13. The van der Waals surface area contributed by atoms with Crippen molar-refractivity contribution in [1.82, 2.24) is 5.32 Å². The minimum atomic E-state index is -1.23. The van der Waals surface area contributed by atoms with Crippen LogP contribution < -0.4 is 5.32 Å². The summed E-state index contributed by atoms with van der Waals surface area (Å²) in [4.78, 5) is 25.2. The Hall–Kier alpha value is -3.69. The molecule has 0 bridgehead atoms. The first-order chi connectivity index (χ1) is 13.1. The lowest BCUT2D eigenvalue weighted by Crippen LogP contribution is -2.27. The minimum Gasteiger partial charge on any atom is -0.477 e. The van der Waals surface area contributed by atoms with Gasteiger partial charge in [0, 0.05) is 20.9 Å². The number of carbonyl (C=O) groups is 2. The van der Waals surface area contributed by atoms with E-state index in [0.717, 1.165) is 10.4 Å². The number of aliphatic carboxylic acids is 1. The molecule has 3 aromatic rings. The number of nitriles is 1. The van der Waals surface area contributed by atoms with Crippen LogP contribution >= 0.6 is 11.3 Å². The van der Waals surface area contributed by atoms with E-state index in [1.807, 2.05) is 18.2 Å². The van der Waals surface area contributed by atoms with Crippen LogP contribution in [0.25, 0.3) is 16.5 Å². The quantitative estimate of drug-likeness (QED) is 0.657. The van der Waals surface area contributed by atoms with Gasteiger partial charge in [-0.2, -0.15) is 5.26 Å². The van der Waals surface area contributed by atoms with Crippen molar-refractivity contribution in [2.45, 2.75) is 0 Å². The topological polar surface area (TPSA) is 90.2 Å². The van der Waals surface area contributed by atoms with E-state index >= 15 is 0 Å². The largest absolute Gasteiger partial charge is 0.477 e. The summed E-state index contributed by atoms with van der Waals surface area (Å²) < 4.78 is 0. The standard InChI is InChI=1S/C21H14N2O3S/c22-13-15-8-4-5-9-17(15)19-11-10-16(27-19)12-18(21(25)26)23-20(24)14-6-2-1-3-7-14/h1-12H,(H,23,24)(H,25,26). The molecule has 0 spiro atoms. The third kappa shape index (κ3) is 4.29. The fraction of sp³-hybridized carbons (Fsp3) is 0. The van der Waals surface area contributed by atoms with Gasteiger partial charge in [-0.25, -0.2) is 4.79 Å². The number of nitrogens with one attached hydrogen (secondary N) is 1. The SMILES string of the molecule is N#Cc1ccccc1-c1ccc(C=C(NC(=O)c2ccccc2)C(=O)O)s1. The van der Waals surface area contributed by atoms with E-state index < -0.39 is 11.9 Å². The van der Waals surface area contributed by atoms with Crippen molar-refractivity contribution in [3.05, 3.63) is 88.4 Å². The van der Waals surface area contributed by atoms with Crippen LogP contribution in [0.2, 0.25) is 0 Å². The maximum absolute atomic E-state index is 12.2. The number of benzene rings is 2. The lowest BCUT2D eigenvalue weighted by Gasteiger charge is -2.05.